The van der Waals surface area contributed by atoms with E-state index in [-0.39, 0.29) is 11.6 Å². The van der Waals surface area contributed by atoms with Crippen molar-refractivity contribution in [2.24, 2.45) is 5.92 Å². The number of halogens is 2. The monoisotopic (exact) mass is 296 g/mol. The summed E-state index contributed by atoms with van der Waals surface area (Å²) < 4.78 is 27.4. The van der Waals surface area contributed by atoms with Gasteiger partial charge in [-0.05, 0) is 57.5 Å². The minimum atomic E-state index is -0.473. The van der Waals surface area contributed by atoms with Gasteiger partial charge in [0, 0.05) is 18.2 Å². The van der Waals surface area contributed by atoms with Gasteiger partial charge in [0.25, 0.3) is 0 Å². The molecule has 2 nitrogen and oxygen atoms in total. The Kier molecular flexibility index (Phi) is 6.12. The Labute approximate surface area is 126 Å². The predicted octanol–water partition coefficient (Wildman–Crippen LogP) is 3.74. The molecule has 1 fully saturated rings. The molecule has 0 aliphatic carbocycles. The Morgan fingerprint density at radius 1 is 1.10 bits per heavy atom. The lowest BCUT2D eigenvalue weighted by molar-refractivity contribution is 0.197. The molecule has 4 heteroatoms. The molecule has 2 rings (SSSR count). The summed E-state index contributed by atoms with van der Waals surface area (Å²) in [7, 11) is 0. The maximum absolute atomic E-state index is 13.7. The topological polar surface area (TPSA) is 15.3 Å². The normalized spacial score (nSPS) is 19.4. The highest BCUT2D eigenvalue weighted by Crippen LogP contribution is 2.20. The average Bonchev–Trinajstić information content (AvgIpc) is 2.46. The molecule has 0 radical (unpaired) electrons. The Morgan fingerprint density at radius 3 is 2.33 bits per heavy atom. The van der Waals surface area contributed by atoms with Gasteiger partial charge in [0.2, 0.25) is 0 Å². The second-order valence-corrected chi connectivity index (χ2v) is 6.23. The number of rotatable bonds is 6. The largest absolute Gasteiger partial charge is 0.310 e. The molecule has 1 aromatic carbocycles. The summed E-state index contributed by atoms with van der Waals surface area (Å²) in [4.78, 5) is 2.49. The summed E-state index contributed by atoms with van der Waals surface area (Å²) in [6.07, 6.45) is 3.92. The van der Waals surface area contributed by atoms with E-state index in [2.05, 4.69) is 17.1 Å². The zero-order valence-electron chi connectivity index (χ0n) is 13.0. The molecule has 1 heterocycles. The molecular formula is C17H26F2N2. The summed E-state index contributed by atoms with van der Waals surface area (Å²) in [5, 5.41) is 3.26. The minimum absolute atomic E-state index is 0.141. The van der Waals surface area contributed by atoms with Crippen LogP contribution in [-0.4, -0.2) is 31.1 Å². The molecule has 0 bridgehead atoms. The predicted molar refractivity (Wildman–Crippen MR) is 82.2 cm³/mol. The van der Waals surface area contributed by atoms with Crippen LogP contribution in [0.4, 0.5) is 8.78 Å². The van der Waals surface area contributed by atoms with Gasteiger partial charge >= 0.3 is 0 Å². The van der Waals surface area contributed by atoms with Gasteiger partial charge in [-0.1, -0.05) is 19.4 Å². The second-order valence-electron chi connectivity index (χ2n) is 6.23. The van der Waals surface area contributed by atoms with E-state index in [4.69, 9.17) is 0 Å². The summed E-state index contributed by atoms with van der Waals surface area (Å²) >= 11 is 0. The third kappa shape index (κ3) is 4.75. The van der Waals surface area contributed by atoms with Crippen LogP contribution in [-0.2, 0) is 0 Å². The molecule has 0 amide bonds. The van der Waals surface area contributed by atoms with Crippen molar-refractivity contribution >= 4 is 0 Å². The molecule has 118 valence electrons. The zero-order valence-corrected chi connectivity index (χ0v) is 13.0. The summed E-state index contributed by atoms with van der Waals surface area (Å²) in [5.41, 5.74) is 0.141. The van der Waals surface area contributed by atoms with Gasteiger partial charge in [-0.25, -0.2) is 8.78 Å². The molecule has 1 N–H and O–H groups in total. The van der Waals surface area contributed by atoms with Gasteiger partial charge in [0.1, 0.15) is 11.6 Å². The Balaban J connectivity index is 1.81. The van der Waals surface area contributed by atoms with Crippen LogP contribution in [0.1, 0.15) is 44.7 Å². The van der Waals surface area contributed by atoms with Crippen LogP contribution in [0.5, 0.6) is 0 Å². The summed E-state index contributed by atoms with van der Waals surface area (Å²) in [5.74, 6) is -0.474. The third-order valence-electron chi connectivity index (χ3n) is 4.22. The summed E-state index contributed by atoms with van der Waals surface area (Å²) in [6, 6.07) is 3.72. The fourth-order valence-electron chi connectivity index (χ4n) is 3.05. The molecular weight excluding hydrogens is 270 g/mol. The molecule has 2 atom stereocenters. The van der Waals surface area contributed by atoms with Crippen LogP contribution in [0, 0.1) is 17.6 Å². The van der Waals surface area contributed by atoms with Crippen LogP contribution in [0.25, 0.3) is 0 Å². The number of hydrogen-bond acceptors (Lipinski definition) is 2. The first-order valence-corrected chi connectivity index (χ1v) is 7.97. The highest BCUT2D eigenvalue weighted by atomic mass is 19.1. The molecule has 21 heavy (non-hydrogen) atoms. The van der Waals surface area contributed by atoms with E-state index in [0.717, 1.165) is 13.1 Å². The number of likely N-dealkylation sites (tertiary alicyclic amines) is 1. The van der Waals surface area contributed by atoms with Crippen LogP contribution < -0.4 is 5.32 Å². The van der Waals surface area contributed by atoms with Gasteiger partial charge in [-0.2, -0.15) is 0 Å². The second kappa shape index (κ2) is 7.85. The average molecular weight is 296 g/mol. The maximum atomic E-state index is 13.7. The van der Waals surface area contributed by atoms with Crippen LogP contribution in [0.2, 0.25) is 0 Å². The van der Waals surface area contributed by atoms with Crippen molar-refractivity contribution in [3.63, 3.8) is 0 Å². The van der Waals surface area contributed by atoms with E-state index in [1.54, 1.807) is 0 Å². The first-order chi connectivity index (χ1) is 10.1. The zero-order chi connectivity index (χ0) is 15.2. The first-order valence-electron chi connectivity index (χ1n) is 7.97. The van der Waals surface area contributed by atoms with E-state index in [9.17, 15) is 8.78 Å². The smallest absolute Gasteiger partial charge is 0.130 e. The fourth-order valence-corrected chi connectivity index (χ4v) is 3.05. The van der Waals surface area contributed by atoms with Gasteiger partial charge < -0.3 is 10.2 Å². The van der Waals surface area contributed by atoms with Crippen molar-refractivity contribution in [2.75, 3.05) is 26.2 Å². The van der Waals surface area contributed by atoms with Crippen LogP contribution in [0.3, 0.4) is 0 Å². The lowest BCUT2D eigenvalue weighted by Gasteiger charge is -2.29. The maximum Gasteiger partial charge on any atom is 0.130 e. The van der Waals surface area contributed by atoms with Gasteiger partial charge in [-0.15, -0.1) is 0 Å². The number of nitrogens with one attached hydrogen (secondary N) is 1. The minimum Gasteiger partial charge on any atom is -0.310 e. The van der Waals surface area contributed by atoms with Crippen molar-refractivity contribution in [1.82, 2.24) is 10.2 Å². The van der Waals surface area contributed by atoms with Gasteiger partial charge in [0.15, 0.2) is 0 Å². The summed E-state index contributed by atoms with van der Waals surface area (Å²) in [6.45, 7) is 8.19. The van der Waals surface area contributed by atoms with Crippen molar-refractivity contribution in [1.29, 1.82) is 0 Å². The molecule has 1 aromatic rings. The van der Waals surface area contributed by atoms with E-state index in [1.165, 1.54) is 50.6 Å². The Morgan fingerprint density at radius 2 is 1.71 bits per heavy atom. The molecule has 0 aromatic heterocycles. The standard InChI is InChI=1S/C17H26F2N2/c1-13(12-21-9-4-3-5-10-21)11-20-14(2)17-15(18)7-6-8-16(17)19/h6-8,13-14,20H,3-5,9-12H2,1-2H3. The van der Waals surface area contributed by atoms with E-state index in [1.807, 2.05) is 6.92 Å². The van der Waals surface area contributed by atoms with Gasteiger partial charge in [0.05, 0.1) is 0 Å². The number of hydrogen-bond donors (Lipinski definition) is 1. The molecule has 1 saturated heterocycles. The quantitative estimate of drug-likeness (QED) is 0.860. The SMILES string of the molecule is CC(CNC(C)c1c(F)cccc1F)CN1CCCCC1. The molecule has 0 saturated carbocycles. The highest BCUT2D eigenvalue weighted by Gasteiger charge is 2.17. The molecule has 2 unspecified atom stereocenters. The Hall–Kier alpha value is -1.00. The Bertz CT molecular complexity index is 424. The fraction of sp³-hybridized carbons (Fsp3) is 0.647. The van der Waals surface area contributed by atoms with Gasteiger partial charge in [-0.3, -0.25) is 0 Å². The van der Waals surface area contributed by atoms with Crippen molar-refractivity contribution in [3.8, 4) is 0 Å². The number of nitrogens with zero attached hydrogens (tertiary/aromatic N) is 1. The number of piperidine rings is 1. The number of benzene rings is 1. The molecule has 1 aliphatic rings. The lowest BCUT2D eigenvalue weighted by atomic mass is 10.0. The van der Waals surface area contributed by atoms with E-state index in [0.29, 0.717) is 5.92 Å². The van der Waals surface area contributed by atoms with Crippen molar-refractivity contribution < 1.29 is 8.78 Å². The van der Waals surface area contributed by atoms with E-state index < -0.39 is 11.6 Å². The lowest BCUT2D eigenvalue weighted by Crippen LogP contribution is -2.37. The van der Waals surface area contributed by atoms with Crippen molar-refractivity contribution in [3.05, 3.63) is 35.4 Å². The van der Waals surface area contributed by atoms with Crippen LogP contribution in [0.15, 0.2) is 18.2 Å². The molecule has 0 spiro atoms. The molecule has 1 aliphatic heterocycles. The van der Waals surface area contributed by atoms with Crippen LogP contribution >= 0.6 is 0 Å². The highest BCUT2D eigenvalue weighted by molar-refractivity contribution is 5.22. The first kappa shape index (κ1) is 16.4. The van der Waals surface area contributed by atoms with E-state index >= 15 is 0 Å². The third-order valence-corrected chi connectivity index (χ3v) is 4.22. The van der Waals surface area contributed by atoms with Crippen molar-refractivity contribution in [2.45, 2.75) is 39.2 Å².